The summed E-state index contributed by atoms with van der Waals surface area (Å²) in [5, 5.41) is 2.80. The molecule has 0 atom stereocenters. The van der Waals surface area contributed by atoms with Gasteiger partial charge in [0.15, 0.2) is 0 Å². The van der Waals surface area contributed by atoms with Gasteiger partial charge in [0.25, 0.3) is 10.0 Å². The quantitative estimate of drug-likeness (QED) is 0.506. The number of hydrogen-bond acceptors (Lipinski definition) is 4. The van der Waals surface area contributed by atoms with Crippen LogP contribution in [0.5, 0.6) is 5.75 Å². The largest absolute Gasteiger partial charge is 0.492 e. The van der Waals surface area contributed by atoms with Crippen molar-refractivity contribution < 1.29 is 17.9 Å². The molecule has 0 fully saturated rings. The molecule has 0 heterocycles. The number of anilines is 2. The average Bonchev–Trinajstić information content (AvgIpc) is 2.79. The average molecular weight is 453 g/mol. The van der Waals surface area contributed by atoms with E-state index in [9.17, 15) is 13.2 Å². The number of carbonyl (C=O) groups excluding carboxylic acids is 1. The Morgan fingerprint density at radius 1 is 0.938 bits per heavy atom. The van der Waals surface area contributed by atoms with Crippen LogP contribution in [0.15, 0.2) is 77.7 Å². The normalized spacial score (nSPS) is 11.1. The molecule has 6 nitrogen and oxygen atoms in total. The minimum Gasteiger partial charge on any atom is -0.492 e. The Balaban J connectivity index is 1.98. The van der Waals surface area contributed by atoms with E-state index in [1.54, 1.807) is 54.6 Å². The number of ether oxygens (including phenoxy) is 1. The number of carbonyl (C=O) groups is 1. The molecule has 32 heavy (non-hydrogen) atoms. The van der Waals surface area contributed by atoms with E-state index in [0.29, 0.717) is 30.2 Å². The Morgan fingerprint density at radius 2 is 1.59 bits per heavy atom. The molecular weight excluding hydrogens is 424 g/mol. The van der Waals surface area contributed by atoms with E-state index in [2.05, 4.69) is 5.32 Å². The SMILES string of the molecule is CCOc1ccccc1NC(=O)CN(c1ccccc1CC)S(=O)(=O)c1ccc(C)cc1. The van der Waals surface area contributed by atoms with Gasteiger partial charge in [-0.05, 0) is 56.2 Å². The maximum atomic E-state index is 13.6. The molecule has 0 radical (unpaired) electrons. The molecule has 168 valence electrons. The minimum atomic E-state index is -3.97. The van der Waals surface area contributed by atoms with Crippen LogP contribution in [0.3, 0.4) is 0 Å². The van der Waals surface area contributed by atoms with E-state index >= 15 is 0 Å². The summed E-state index contributed by atoms with van der Waals surface area (Å²) in [6, 6.07) is 20.9. The lowest BCUT2D eigenvalue weighted by Gasteiger charge is -2.26. The van der Waals surface area contributed by atoms with Crippen molar-refractivity contribution in [1.82, 2.24) is 0 Å². The van der Waals surface area contributed by atoms with Crippen molar-refractivity contribution >= 4 is 27.3 Å². The highest BCUT2D eigenvalue weighted by Crippen LogP contribution is 2.29. The van der Waals surface area contributed by atoms with Crippen LogP contribution in [-0.4, -0.2) is 27.5 Å². The maximum Gasteiger partial charge on any atom is 0.264 e. The highest BCUT2D eigenvalue weighted by Gasteiger charge is 2.28. The summed E-state index contributed by atoms with van der Waals surface area (Å²) >= 11 is 0. The van der Waals surface area contributed by atoms with Gasteiger partial charge in [0.05, 0.1) is 22.9 Å². The summed E-state index contributed by atoms with van der Waals surface area (Å²) in [6.07, 6.45) is 0.630. The molecule has 1 amide bonds. The number of para-hydroxylation sites is 3. The van der Waals surface area contributed by atoms with Crippen molar-refractivity contribution in [2.75, 3.05) is 22.8 Å². The number of rotatable bonds is 9. The fourth-order valence-electron chi connectivity index (χ4n) is 3.36. The number of amides is 1. The second kappa shape index (κ2) is 10.3. The molecule has 7 heteroatoms. The molecule has 0 spiro atoms. The van der Waals surface area contributed by atoms with Crippen LogP contribution < -0.4 is 14.4 Å². The van der Waals surface area contributed by atoms with Crippen LogP contribution in [0.4, 0.5) is 11.4 Å². The van der Waals surface area contributed by atoms with E-state index in [4.69, 9.17) is 4.74 Å². The van der Waals surface area contributed by atoms with Crippen molar-refractivity contribution in [3.8, 4) is 5.75 Å². The van der Waals surface area contributed by atoms with Crippen LogP contribution >= 0.6 is 0 Å². The summed E-state index contributed by atoms with van der Waals surface area (Å²) in [6.45, 7) is 5.78. The molecule has 3 rings (SSSR count). The van der Waals surface area contributed by atoms with Crippen LogP contribution in [0.25, 0.3) is 0 Å². The highest BCUT2D eigenvalue weighted by atomic mass is 32.2. The highest BCUT2D eigenvalue weighted by molar-refractivity contribution is 7.92. The Morgan fingerprint density at radius 3 is 2.28 bits per heavy atom. The third-order valence-electron chi connectivity index (χ3n) is 5.00. The lowest BCUT2D eigenvalue weighted by Crippen LogP contribution is -2.38. The second-order valence-electron chi connectivity index (χ2n) is 7.28. The van der Waals surface area contributed by atoms with Gasteiger partial charge in [-0.1, -0.05) is 55.0 Å². The van der Waals surface area contributed by atoms with E-state index < -0.39 is 15.9 Å². The van der Waals surface area contributed by atoms with E-state index in [1.165, 1.54) is 4.31 Å². The lowest BCUT2D eigenvalue weighted by atomic mass is 10.1. The van der Waals surface area contributed by atoms with E-state index in [0.717, 1.165) is 11.1 Å². The summed E-state index contributed by atoms with van der Waals surface area (Å²) in [5.41, 5.74) is 2.78. The van der Waals surface area contributed by atoms with Gasteiger partial charge in [-0.3, -0.25) is 9.10 Å². The minimum absolute atomic E-state index is 0.136. The number of sulfonamides is 1. The molecule has 0 aliphatic rings. The van der Waals surface area contributed by atoms with Crippen LogP contribution in [-0.2, 0) is 21.2 Å². The number of hydrogen-bond donors (Lipinski definition) is 1. The predicted molar refractivity (Wildman–Crippen MR) is 128 cm³/mol. The van der Waals surface area contributed by atoms with Crippen LogP contribution in [0.2, 0.25) is 0 Å². The fourth-order valence-corrected chi connectivity index (χ4v) is 4.82. The molecule has 0 unspecified atom stereocenters. The predicted octanol–water partition coefficient (Wildman–Crippen LogP) is 4.79. The Hall–Kier alpha value is -3.32. The van der Waals surface area contributed by atoms with Gasteiger partial charge in [0, 0.05) is 0 Å². The monoisotopic (exact) mass is 452 g/mol. The molecule has 3 aromatic carbocycles. The van der Waals surface area contributed by atoms with Crippen LogP contribution in [0, 0.1) is 6.92 Å². The first-order valence-electron chi connectivity index (χ1n) is 10.6. The standard InChI is InChI=1S/C25H28N2O4S/c1-4-20-10-6-8-12-23(20)27(32(29,30)21-16-14-19(3)15-17-21)18-25(28)26-22-11-7-9-13-24(22)31-5-2/h6-17H,4-5,18H2,1-3H3,(H,26,28). The number of aryl methyl sites for hydroxylation is 2. The summed E-state index contributed by atoms with van der Waals surface area (Å²) in [4.78, 5) is 13.1. The van der Waals surface area contributed by atoms with Crippen molar-refractivity contribution in [3.63, 3.8) is 0 Å². The summed E-state index contributed by atoms with van der Waals surface area (Å²) < 4.78 is 33.9. The first-order valence-corrected chi connectivity index (χ1v) is 12.0. The molecule has 0 aliphatic heterocycles. The molecule has 1 N–H and O–H groups in total. The Bertz CT molecular complexity index is 1170. The van der Waals surface area contributed by atoms with Gasteiger partial charge in [-0.2, -0.15) is 0 Å². The zero-order valence-corrected chi connectivity index (χ0v) is 19.4. The topological polar surface area (TPSA) is 75.7 Å². The zero-order valence-electron chi connectivity index (χ0n) is 18.5. The zero-order chi connectivity index (χ0) is 23.1. The Kier molecular flexibility index (Phi) is 7.53. The van der Waals surface area contributed by atoms with Gasteiger partial charge in [-0.25, -0.2) is 8.42 Å². The van der Waals surface area contributed by atoms with E-state index in [-0.39, 0.29) is 11.4 Å². The first-order chi connectivity index (χ1) is 15.4. The molecule has 0 aliphatic carbocycles. The van der Waals surface area contributed by atoms with Gasteiger partial charge in [0.2, 0.25) is 5.91 Å². The van der Waals surface area contributed by atoms with Gasteiger partial charge >= 0.3 is 0 Å². The fraction of sp³-hybridized carbons (Fsp3) is 0.240. The Labute approximate surface area is 189 Å². The second-order valence-corrected chi connectivity index (χ2v) is 9.15. The van der Waals surface area contributed by atoms with E-state index in [1.807, 2.05) is 39.0 Å². The van der Waals surface area contributed by atoms with Gasteiger partial charge in [0.1, 0.15) is 12.3 Å². The molecule has 0 saturated heterocycles. The summed E-state index contributed by atoms with van der Waals surface area (Å²) in [5.74, 6) is 0.0731. The third-order valence-corrected chi connectivity index (χ3v) is 6.77. The number of nitrogens with one attached hydrogen (secondary N) is 1. The lowest BCUT2D eigenvalue weighted by molar-refractivity contribution is -0.114. The molecule has 0 bridgehead atoms. The maximum absolute atomic E-state index is 13.6. The van der Waals surface area contributed by atoms with Crippen molar-refractivity contribution in [2.24, 2.45) is 0 Å². The van der Waals surface area contributed by atoms with Gasteiger partial charge in [-0.15, -0.1) is 0 Å². The number of nitrogens with zero attached hydrogens (tertiary/aromatic N) is 1. The van der Waals surface area contributed by atoms with Crippen LogP contribution in [0.1, 0.15) is 25.0 Å². The summed E-state index contributed by atoms with van der Waals surface area (Å²) in [7, 11) is -3.97. The van der Waals surface area contributed by atoms with Gasteiger partial charge < -0.3 is 10.1 Å². The smallest absolute Gasteiger partial charge is 0.264 e. The molecule has 0 aromatic heterocycles. The van der Waals surface area contributed by atoms with Crippen molar-refractivity contribution in [2.45, 2.75) is 32.1 Å². The first kappa shape index (κ1) is 23.3. The molecule has 0 saturated carbocycles. The third kappa shape index (κ3) is 5.29. The van der Waals surface area contributed by atoms with Crippen molar-refractivity contribution in [3.05, 3.63) is 83.9 Å². The number of benzene rings is 3. The molecule has 3 aromatic rings. The molecular formula is C25H28N2O4S. The van der Waals surface area contributed by atoms with Crippen molar-refractivity contribution in [1.29, 1.82) is 0 Å².